The number of rotatable bonds is 3. The Labute approximate surface area is 100 Å². The molecular weight excluding hydrogens is 212 g/mol. The van der Waals surface area contributed by atoms with Gasteiger partial charge in [-0.3, -0.25) is 4.79 Å². The first-order chi connectivity index (χ1) is 8.11. The van der Waals surface area contributed by atoms with Gasteiger partial charge < -0.3 is 5.11 Å². The van der Waals surface area contributed by atoms with Crippen LogP contribution in [0.3, 0.4) is 0 Å². The van der Waals surface area contributed by atoms with Gasteiger partial charge in [0.25, 0.3) is 0 Å². The van der Waals surface area contributed by atoms with E-state index in [0.29, 0.717) is 0 Å². The minimum Gasteiger partial charge on any atom is -0.384 e. The van der Waals surface area contributed by atoms with Crippen LogP contribution in [0.5, 0.6) is 0 Å². The summed E-state index contributed by atoms with van der Waals surface area (Å²) >= 11 is 0. The second-order valence-corrected chi connectivity index (χ2v) is 4.05. The lowest BCUT2D eigenvalue weighted by atomic mass is 9.95. The third-order valence-electron chi connectivity index (χ3n) is 2.90. The fourth-order valence-corrected chi connectivity index (χ4v) is 1.87. The van der Waals surface area contributed by atoms with Gasteiger partial charge in [-0.2, -0.15) is 0 Å². The second-order valence-electron chi connectivity index (χ2n) is 4.05. The first-order valence-electron chi connectivity index (χ1n) is 5.46. The summed E-state index contributed by atoms with van der Waals surface area (Å²) in [5.74, 6) is -0.189. The Morgan fingerprint density at radius 1 is 1.18 bits per heavy atom. The highest BCUT2D eigenvalue weighted by Gasteiger charge is 2.16. The van der Waals surface area contributed by atoms with E-state index in [2.05, 4.69) is 6.58 Å². The van der Waals surface area contributed by atoms with E-state index >= 15 is 0 Å². The van der Waals surface area contributed by atoms with Gasteiger partial charge in [-0.15, -0.1) is 0 Å². The van der Waals surface area contributed by atoms with Gasteiger partial charge in [-0.25, -0.2) is 0 Å². The van der Waals surface area contributed by atoms with Gasteiger partial charge in [0.2, 0.25) is 0 Å². The lowest BCUT2D eigenvalue weighted by molar-refractivity contribution is -0.114. The molecule has 1 atom stereocenters. The van der Waals surface area contributed by atoms with Crippen molar-refractivity contribution in [2.24, 2.45) is 0 Å². The lowest BCUT2D eigenvalue weighted by Gasteiger charge is -2.14. The zero-order chi connectivity index (χ0) is 12.4. The van der Waals surface area contributed by atoms with Crippen LogP contribution in [0.25, 0.3) is 10.8 Å². The number of ketones is 1. The Morgan fingerprint density at radius 3 is 2.53 bits per heavy atom. The Kier molecular flexibility index (Phi) is 3.07. The summed E-state index contributed by atoms with van der Waals surface area (Å²) in [6.07, 6.45) is -0.932. The highest BCUT2D eigenvalue weighted by molar-refractivity contribution is 5.95. The third-order valence-corrected chi connectivity index (χ3v) is 2.90. The monoisotopic (exact) mass is 226 g/mol. The summed E-state index contributed by atoms with van der Waals surface area (Å²) in [6, 6.07) is 13.4. The van der Waals surface area contributed by atoms with E-state index in [1.165, 1.54) is 6.92 Å². The maximum Gasteiger partial charge on any atom is 0.158 e. The molecule has 2 nitrogen and oxygen atoms in total. The SMILES string of the molecule is C=C(C(C)=O)C(O)c1cccc2ccccc12. The highest BCUT2D eigenvalue weighted by atomic mass is 16.3. The first kappa shape index (κ1) is 11.6. The molecule has 1 N–H and O–H groups in total. The van der Waals surface area contributed by atoms with Crippen molar-refractivity contribution in [2.75, 3.05) is 0 Å². The molecule has 17 heavy (non-hydrogen) atoms. The molecule has 0 amide bonds. The predicted octanol–water partition coefficient (Wildman–Crippen LogP) is 3.02. The molecule has 2 rings (SSSR count). The standard InChI is InChI=1S/C15H14O2/c1-10(11(2)16)15(17)14-9-5-7-12-6-3-4-8-13(12)14/h3-9,15,17H,1H2,2H3. The number of fused-ring (bicyclic) bond motifs is 1. The van der Waals surface area contributed by atoms with Crippen LogP contribution in [-0.4, -0.2) is 10.9 Å². The van der Waals surface area contributed by atoms with Gasteiger partial charge in [0, 0.05) is 5.57 Å². The van der Waals surface area contributed by atoms with E-state index in [4.69, 9.17) is 0 Å². The lowest BCUT2D eigenvalue weighted by Crippen LogP contribution is -2.07. The second kappa shape index (κ2) is 4.52. The molecule has 0 radical (unpaired) electrons. The van der Waals surface area contributed by atoms with E-state index < -0.39 is 6.10 Å². The molecule has 2 aromatic carbocycles. The number of benzene rings is 2. The van der Waals surface area contributed by atoms with Crippen LogP contribution in [0.1, 0.15) is 18.6 Å². The largest absolute Gasteiger partial charge is 0.384 e. The van der Waals surface area contributed by atoms with Crippen molar-refractivity contribution in [1.82, 2.24) is 0 Å². The minimum absolute atomic E-state index is 0.189. The number of hydrogen-bond acceptors (Lipinski definition) is 2. The molecule has 0 heterocycles. The van der Waals surface area contributed by atoms with Crippen LogP contribution < -0.4 is 0 Å². The molecule has 1 unspecified atom stereocenters. The molecule has 0 aromatic heterocycles. The van der Waals surface area contributed by atoms with Crippen LogP contribution >= 0.6 is 0 Å². The van der Waals surface area contributed by atoms with Gasteiger partial charge in [0.05, 0.1) is 0 Å². The van der Waals surface area contributed by atoms with Crippen molar-refractivity contribution < 1.29 is 9.90 Å². The topological polar surface area (TPSA) is 37.3 Å². The van der Waals surface area contributed by atoms with Crippen molar-refractivity contribution in [1.29, 1.82) is 0 Å². The maximum atomic E-state index is 11.2. The molecule has 0 saturated carbocycles. The predicted molar refractivity (Wildman–Crippen MR) is 68.7 cm³/mol. The molecule has 0 aliphatic carbocycles. The minimum atomic E-state index is -0.932. The van der Waals surface area contributed by atoms with Gasteiger partial charge in [-0.1, -0.05) is 49.0 Å². The van der Waals surface area contributed by atoms with Crippen LogP contribution in [0.2, 0.25) is 0 Å². The smallest absolute Gasteiger partial charge is 0.158 e. The number of carbonyl (C=O) groups is 1. The van der Waals surface area contributed by atoms with Crippen molar-refractivity contribution in [2.45, 2.75) is 13.0 Å². The van der Waals surface area contributed by atoms with Crippen LogP contribution in [-0.2, 0) is 4.79 Å². The van der Waals surface area contributed by atoms with Gasteiger partial charge in [-0.05, 0) is 23.3 Å². The van der Waals surface area contributed by atoms with Crippen LogP contribution in [0.4, 0.5) is 0 Å². The van der Waals surface area contributed by atoms with E-state index in [1.807, 2.05) is 42.5 Å². The summed E-state index contributed by atoms with van der Waals surface area (Å²) in [6.45, 7) is 5.05. The van der Waals surface area contributed by atoms with Crippen molar-refractivity contribution >= 4 is 16.6 Å². The van der Waals surface area contributed by atoms with Gasteiger partial charge in [0.15, 0.2) is 5.78 Å². The quantitative estimate of drug-likeness (QED) is 0.817. The Balaban J connectivity index is 2.56. The third kappa shape index (κ3) is 2.12. The molecule has 0 saturated heterocycles. The molecule has 0 bridgehead atoms. The number of aliphatic hydroxyl groups excluding tert-OH is 1. The van der Waals surface area contributed by atoms with E-state index in [-0.39, 0.29) is 11.4 Å². The number of aliphatic hydroxyl groups is 1. The molecule has 0 aliphatic heterocycles. The van der Waals surface area contributed by atoms with E-state index in [1.54, 1.807) is 0 Å². The average Bonchev–Trinajstić information content (AvgIpc) is 2.36. The summed E-state index contributed by atoms with van der Waals surface area (Å²) in [7, 11) is 0. The maximum absolute atomic E-state index is 11.2. The Hall–Kier alpha value is -1.93. The van der Waals surface area contributed by atoms with Gasteiger partial charge >= 0.3 is 0 Å². The number of Topliss-reactive ketones (excluding diaryl/α,β-unsaturated/α-hetero) is 1. The van der Waals surface area contributed by atoms with E-state index in [9.17, 15) is 9.90 Å². The van der Waals surface area contributed by atoms with Gasteiger partial charge in [0.1, 0.15) is 6.10 Å². The molecule has 2 heteroatoms. The zero-order valence-electron chi connectivity index (χ0n) is 9.68. The molecule has 86 valence electrons. The summed E-state index contributed by atoms with van der Waals surface area (Å²) in [5.41, 5.74) is 0.949. The molecule has 0 fully saturated rings. The van der Waals surface area contributed by atoms with E-state index in [0.717, 1.165) is 16.3 Å². The van der Waals surface area contributed by atoms with Crippen LogP contribution in [0, 0.1) is 0 Å². The molecule has 0 spiro atoms. The number of carbonyl (C=O) groups excluding carboxylic acids is 1. The summed E-state index contributed by atoms with van der Waals surface area (Å²) in [5, 5.41) is 12.1. The van der Waals surface area contributed by atoms with Crippen molar-refractivity contribution in [3.63, 3.8) is 0 Å². The normalized spacial score (nSPS) is 12.4. The molecular formula is C15H14O2. The average molecular weight is 226 g/mol. The zero-order valence-corrected chi connectivity index (χ0v) is 9.68. The highest BCUT2D eigenvalue weighted by Crippen LogP contribution is 2.28. The fraction of sp³-hybridized carbons (Fsp3) is 0.133. The molecule has 0 aliphatic rings. The van der Waals surface area contributed by atoms with Crippen molar-refractivity contribution in [3.05, 3.63) is 60.2 Å². The fourth-order valence-electron chi connectivity index (χ4n) is 1.87. The van der Waals surface area contributed by atoms with Crippen molar-refractivity contribution in [3.8, 4) is 0 Å². The Bertz CT molecular complexity index is 579. The first-order valence-corrected chi connectivity index (χ1v) is 5.46. The number of hydrogen-bond donors (Lipinski definition) is 1. The van der Waals surface area contributed by atoms with Crippen LogP contribution in [0.15, 0.2) is 54.6 Å². The summed E-state index contributed by atoms with van der Waals surface area (Å²) < 4.78 is 0. The Morgan fingerprint density at radius 2 is 1.82 bits per heavy atom. The molecule has 2 aromatic rings. The summed E-state index contributed by atoms with van der Waals surface area (Å²) in [4.78, 5) is 11.2.